The Labute approximate surface area is 167 Å². The Hall–Kier alpha value is -3.26. The summed E-state index contributed by atoms with van der Waals surface area (Å²) in [6.45, 7) is 2.26. The Morgan fingerprint density at radius 3 is 2.57 bits per heavy atom. The van der Waals surface area contributed by atoms with E-state index in [-0.39, 0.29) is 12.5 Å². The Morgan fingerprint density at radius 2 is 1.89 bits per heavy atom. The normalized spacial score (nSPS) is 10.4. The van der Waals surface area contributed by atoms with Gasteiger partial charge in [-0.2, -0.15) is 0 Å². The molecule has 0 bridgehead atoms. The third-order valence-corrected chi connectivity index (χ3v) is 4.14. The second-order valence-corrected chi connectivity index (χ2v) is 6.42. The van der Waals surface area contributed by atoms with Crippen LogP contribution in [0.3, 0.4) is 0 Å². The van der Waals surface area contributed by atoms with Gasteiger partial charge in [0.15, 0.2) is 18.1 Å². The van der Waals surface area contributed by atoms with Crippen LogP contribution in [-0.2, 0) is 11.3 Å². The Morgan fingerprint density at radius 1 is 1.18 bits per heavy atom. The minimum atomic E-state index is -0.291. The van der Waals surface area contributed by atoms with E-state index in [1.165, 1.54) is 7.11 Å². The molecule has 1 heterocycles. The fourth-order valence-electron chi connectivity index (χ4n) is 2.45. The fraction of sp³-hybridized carbons (Fsp3) is 0.211. The first kappa shape index (κ1) is 19.5. The summed E-state index contributed by atoms with van der Waals surface area (Å²) in [7, 11) is 1.52. The summed E-state index contributed by atoms with van der Waals surface area (Å²) in [4.78, 5) is 12.1. The number of benzene rings is 2. The first-order valence-electron chi connectivity index (χ1n) is 8.49. The van der Waals surface area contributed by atoms with Crippen molar-refractivity contribution in [2.75, 3.05) is 24.5 Å². The first-order valence-corrected chi connectivity index (χ1v) is 8.87. The minimum Gasteiger partial charge on any atom is -0.493 e. The number of rotatable bonds is 8. The smallest absolute Gasteiger partial charge is 0.262 e. The third kappa shape index (κ3) is 5.14. The number of aryl methyl sites for hydroxylation is 1. The highest BCUT2D eigenvalue weighted by Gasteiger charge is 2.14. The van der Waals surface area contributed by atoms with E-state index in [0.717, 1.165) is 11.1 Å². The van der Waals surface area contributed by atoms with Gasteiger partial charge >= 0.3 is 0 Å². The van der Waals surface area contributed by atoms with Crippen molar-refractivity contribution in [1.29, 1.82) is 0 Å². The summed E-state index contributed by atoms with van der Waals surface area (Å²) in [5, 5.41) is 10.6. The molecule has 2 aromatic carbocycles. The molecule has 3 aromatic rings. The van der Waals surface area contributed by atoms with Crippen molar-refractivity contribution in [1.82, 2.24) is 14.9 Å². The topological polar surface area (TPSA) is 90.3 Å². The van der Waals surface area contributed by atoms with Crippen molar-refractivity contribution in [2.24, 2.45) is 0 Å². The Balaban J connectivity index is 1.62. The molecule has 8 nitrogen and oxygen atoms in total. The zero-order valence-corrected chi connectivity index (χ0v) is 16.2. The van der Waals surface area contributed by atoms with Gasteiger partial charge in [0.05, 0.1) is 18.7 Å². The molecule has 146 valence electrons. The van der Waals surface area contributed by atoms with Crippen molar-refractivity contribution in [2.45, 2.75) is 13.5 Å². The van der Waals surface area contributed by atoms with E-state index in [9.17, 15) is 4.79 Å². The molecule has 28 heavy (non-hydrogen) atoms. The van der Waals surface area contributed by atoms with Crippen LogP contribution in [0.15, 0.2) is 49.1 Å². The number of carbonyl (C=O) groups excluding carboxylic acids is 1. The summed E-state index contributed by atoms with van der Waals surface area (Å²) in [6, 6.07) is 11.0. The molecule has 0 atom stereocenters. The lowest BCUT2D eigenvalue weighted by Crippen LogP contribution is -2.20. The molecule has 3 rings (SSSR count). The molecule has 0 aliphatic carbocycles. The summed E-state index contributed by atoms with van der Waals surface area (Å²) >= 11 is 6.34. The zero-order chi connectivity index (χ0) is 19.9. The monoisotopic (exact) mass is 401 g/mol. The van der Waals surface area contributed by atoms with E-state index >= 15 is 0 Å². The van der Waals surface area contributed by atoms with Crippen LogP contribution in [0, 0.1) is 6.92 Å². The number of nitrogens with one attached hydrogen (secondary N) is 2. The lowest BCUT2D eigenvalue weighted by atomic mass is 10.2. The van der Waals surface area contributed by atoms with E-state index in [1.807, 2.05) is 31.2 Å². The lowest BCUT2D eigenvalue weighted by molar-refractivity contribution is -0.118. The first-order chi connectivity index (χ1) is 13.5. The predicted octanol–water partition coefficient (Wildman–Crippen LogP) is 3.01. The van der Waals surface area contributed by atoms with Gasteiger partial charge in [0, 0.05) is 5.69 Å². The number of hydrogen-bond donors (Lipinski definition) is 2. The van der Waals surface area contributed by atoms with Gasteiger partial charge in [-0.15, -0.1) is 10.2 Å². The molecule has 0 saturated heterocycles. The molecule has 2 N–H and O–H groups in total. The number of methoxy groups -OCH3 is 1. The van der Waals surface area contributed by atoms with Gasteiger partial charge < -0.3 is 20.2 Å². The van der Waals surface area contributed by atoms with Crippen LogP contribution >= 0.6 is 11.6 Å². The van der Waals surface area contributed by atoms with Crippen LogP contribution in [0.25, 0.3) is 0 Å². The molecule has 0 saturated carbocycles. The molecule has 0 aliphatic heterocycles. The molecule has 0 spiro atoms. The maximum absolute atomic E-state index is 12.1. The van der Waals surface area contributed by atoms with E-state index in [1.54, 1.807) is 29.5 Å². The number of nitrogens with zero attached hydrogens (tertiary/aromatic N) is 3. The van der Waals surface area contributed by atoms with Crippen molar-refractivity contribution in [3.8, 4) is 11.5 Å². The predicted molar refractivity (Wildman–Crippen MR) is 106 cm³/mol. The summed E-state index contributed by atoms with van der Waals surface area (Å²) in [5.41, 5.74) is 5.78. The second-order valence-electron chi connectivity index (χ2n) is 6.02. The SMILES string of the molecule is COc1cc(CNn2cnnc2)cc(Cl)c1OCC(=O)Nc1ccc(C)cc1. The van der Waals surface area contributed by atoms with Crippen LogP contribution in [-0.4, -0.2) is 34.5 Å². The van der Waals surface area contributed by atoms with E-state index in [0.29, 0.717) is 28.8 Å². The second kappa shape index (κ2) is 9.09. The van der Waals surface area contributed by atoms with Gasteiger partial charge in [-0.1, -0.05) is 29.3 Å². The number of halogens is 1. The quantitative estimate of drug-likeness (QED) is 0.603. The number of hydrogen-bond acceptors (Lipinski definition) is 6. The number of anilines is 1. The van der Waals surface area contributed by atoms with E-state index in [4.69, 9.17) is 21.1 Å². The molecule has 9 heteroatoms. The highest BCUT2D eigenvalue weighted by molar-refractivity contribution is 6.32. The molecule has 0 radical (unpaired) electrons. The van der Waals surface area contributed by atoms with Gasteiger partial charge in [-0.3, -0.25) is 4.79 Å². The van der Waals surface area contributed by atoms with E-state index in [2.05, 4.69) is 20.9 Å². The number of ether oxygens (including phenoxy) is 2. The van der Waals surface area contributed by atoms with Crippen molar-refractivity contribution < 1.29 is 14.3 Å². The molecule has 0 unspecified atom stereocenters. The van der Waals surface area contributed by atoms with Gasteiger partial charge in [0.25, 0.3) is 5.91 Å². The van der Waals surface area contributed by atoms with Gasteiger partial charge in [0.2, 0.25) is 0 Å². The third-order valence-electron chi connectivity index (χ3n) is 3.86. The number of amides is 1. The maximum atomic E-state index is 12.1. The van der Waals surface area contributed by atoms with Crippen LogP contribution in [0.4, 0.5) is 5.69 Å². The molecule has 1 amide bonds. The van der Waals surface area contributed by atoms with Crippen molar-refractivity contribution >= 4 is 23.2 Å². The number of aromatic nitrogens is 3. The van der Waals surface area contributed by atoms with Crippen molar-refractivity contribution in [3.05, 3.63) is 65.2 Å². The summed E-state index contributed by atoms with van der Waals surface area (Å²) < 4.78 is 12.6. The van der Waals surface area contributed by atoms with Gasteiger partial charge in [-0.05, 0) is 36.8 Å². The highest BCUT2D eigenvalue weighted by Crippen LogP contribution is 2.36. The Bertz CT molecular complexity index is 929. The molecular formula is C19H20ClN5O3. The van der Waals surface area contributed by atoms with Crippen molar-refractivity contribution in [3.63, 3.8) is 0 Å². The molecule has 0 aliphatic rings. The summed E-state index contributed by atoms with van der Waals surface area (Å²) in [5.74, 6) is 0.466. The summed E-state index contributed by atoms with van der Waals surface area (Å²) in [6.07, 6.45) is 3.09. The van der Waals surface area contributed by atoms with Crippen LogP contribution in [0.2, 0.25) is 5.02 Å². The average molecular weight is 402 g/mol. The van der Waals surface area contributed by atoms with E-state index < -0.39 is 0 Å². The lowest BCUT2D eigenvalue weighted by Gasteiger charge is -2.15. The fourth-order valence-corrected chi connectivity index (χ4v) is 2.74. The minimum absolute atomic E-state index is 0.192. The zero-order valence-electron chi connectivity index (χ0n) is 15.5. The average Bonchev–Trinajstić information content (AvgIpc) is 3.20. The van der Waals surface area contributed by atoms with Gasteiger partial charge in [-0.25, -0.2) is 4.68 Å². The molecule has 0 fully saturated rings. The van der Waals surface area contributed by atoms with Crippen LogP contribution in [0.5, 0.6) is 11.5 Å². The van der Waals surface area contributed by atoms with Gasteiger partial charge in [0.1, 0.15) is 12.7 Å². The molecular weight excluding hydrogens is 382 g/mol. The maximum Gasteiger partial charge on any atom is 0.262 e. The Kier molecular flexibility index (Phi) is 6.33. The van der Waals surface area contributed by atoms with Crippen LogP contribution < -0.4 is 20.2 Å². The largest absolute Gasteiger partial charge is 0.493 e. The standard InChI is InChI=1S/C19H20ClN5O3/c1-13-3-5-15(6-4-13)24-18(26)10-28-19-16(20)7-14(8-17(19)27-2)9-23-25-11-21-22-12-25/h3-8,11-12,23H,9-10H2,1-2H3,(H,24,26). The number of carbonyl (C=O) groups is 1. The molecule has 1 aromatic heterocycles. The van der Waals surface area contributed by atoms with Crippen LogP contribution in [0.1, 0.15) is 11.1 Å². The highest BCUT2D eigenvalue weighted by atomic mass is 35.5.